The molecule has 4 aromatic carbocycles. The fourth-order valence-electron chi connectivity index (χ4n) is 4.09. The minimum atomic E-state index is -4.21. The van der Waals surface area contributed by atoms with Crippen molar-refractivity contribution in [3.05, 3.63) is 163 Å². The lowest BCUT2D eigenvalue weighted by Gasteiger charge is -2.22. The second-order valence-corrected chi connectivity index (χ2v) is 11.1. The Kier molecular flexibility index (Phi) is 8.78. The van der Waals surface area contributed by atoms with Gasteiger partial charge < -0.3 is 0 Å². The van der Waals surface area contributed by atoms with Crippen molar-refractivity contribution in [2.75, 3.05) is 0 Å². The summed E-state index contributed by atoms with van der Waals surface area (Å²) in [4.78, 5) is 20.9. The minimum absolute atomic E-state index is 0.127. The molecule has 0 radical (unpaired) electrons. The fraction of sp³-hybridized carbons (Fsp3) is 0.0667. The average molecular weight is 577 g/mol. The van der Waals surface area contributed by atoms with E-state index >= 15 is 0 Å². The summed E-state index contributed by atoms with van der Waals surface area (Å²) in [6, 6.07) is 20.9. The van der Waals surface area contributed by atoms with Gasteiger partial charge in [0.1, 0.15) is 22.1 Å². The Hall–Kier alpha value is -5.03. The maximum atomic E-state index is 14.3. The van der Waals surface area contributed by atoms with Crippen LogP contribution in [0.2, 0.25) is 0 Å². The Morgan fingerprint density at radius 3 is 1.17 bits per heavy atom. The van der Waals surface area contributed by atoms with Gasteiger partial charge in [-0.1, -0.05) is 48.6 Å². The lowest BCUT2D eigenvalue weighted by atomic mass is 10.1. The molecule has 8 nitrogen and oxygen atoms in total. The van der Waals surface area contributed by atoms with Crippen LogP contribution < -0.4 is 0 Å². The molecule has 0 aliphatic carbocycles. The molecule has 0 saturated carbocycles. The van der Waals surface area contributed by atoms with Gasteiger partial charge in [0.25, 0.3) is 11.4 Å². The van der Waals surface area contributed by atoms with Crippen molar-refractivity contribution in [3.63, 3.8) is 0 Å². The summed E-state index contributed by atoms with van der Waals surface area (Å²) in [7, 11) is -4.21. The predicted octanol–water partition coefficient (Wildman–Crippen LogP) is 7.41. The molecule has 0 heterocycles. The Morgan fingerprint density at radius 2 is 0.878 bits per heavy atom. The summed E-state index contributed by atoms with van der Waals surface area (Å²) in [6.45, 7) is 0. The molecule has 41 heavy (non-hydrogen) atoms. The molecule has 11 heteroatoms. The number of halogens is 2. The third-order valence-electron chi connectivity index (χ3n) is 6.24. The number of nitrogens with zero attached hydrogens (tertiary/aromatic N) is 2. The third kappa shape index (κ3) is 7.14. The Morgan fingerprint density at radius 1 is 0.561 bits per heavy atom. The van der Waals surface area contributed by atoms with Gasteiger partial charge >= 0.3 is 0 Å². The second-order valence-electron chi connectivity index (χ2n) is 8.95. The van der Waals surface area contributed by atoms with Crippen LogP contribution in [0.25, 0.3) is 12.2 Å². The first-order valence-electron chi connectivity index (χ1n) is 12.1. The molecule has 0 spiro atoms. The molecular weight excluding hydrogens is 554 g/mol. The van der Waals surface area contributed by atoms with Crippen molar-refractivity contribution in [3.8, 4) is 0 Å². The van der Waals surface area contributed by atoms with E-state index in [0.717, 1.165) is 24.3 Å². The third-order valence-corrected chi connectivity index (χ3v) is 8.51. The van der Waals surface area contributed by atoms with E-state index in [9.17, 15) is 37.4 Å². The minimum Gasteiger partial charge on any atom is -0.258 e. The molecule has 0 aromatic heterocycles. The smallest absolute Gasteiger partial charge is 0.258 e. The molecular formula is C30H22F2N2O6S. The van der Waals surface area contributed by atoms with Crippen LogP contribution in [0.3, 0.4) is 0 Å². The Bertz CT molecular complexity index is 1580. The van der Waals surface area contributed by atoms with Crippen LogP contribution >= 0.6 is 0 Å². The number of sulfone groups is 1. The maximum absolute atomic E-state index is 14.3. The molecule has 2 atom stereocenters. The highest BCUT2D eigenvalue weighted by atomic mass is 32.2. The highest BCUT2D eigenvalue weighted by Crippen LogP contribution is 2.37. The highest BCUT2D eigenvalue weighted by Gasteiger charge is 2.33. The van der Waals surface area contributed by atoms with E-state index in [1.54, 1.807) is 0 Å². The van der Waals surface area contributed by atoms with Gasteiger partial charge in [0.05, 0.1) is 9.85 Å². The second kappa shape index (κ2) is 12.4. The number of non-ortho nitro benzene ring substituents is 2. The molecule has 0 fully saturated rings. The summed E-state index contributed by atoms with van der Waals surface area (Å²) in [5.41, 5.74) is 1.27. The lowest BCUT2D eigenvalue weighted by Crippen LogP contribution is -2.19. The number of hydrogen-bond donors (Lipinski definition) is 0. The fourth-order valence-corrected chi connectivity index (χ4v) is 6.08. The SMILES string of the molecule is O=[N+]([O-])c1ccc(/C=C/C(c2ccc(F)cc2)S(=O)(=O)C(/C=C/c2ccc([N+](=O)[O-])cc2)c2ccc(F)cc2)cc1. The zero-order valence-corrected chi connectivity index (χ0v) is 22.0. The van der Waals surface area contributed by atoms with E-state index < -0.39 is 41.8 Å². The topological polar surface area (TPSA) is 120 Å². The normalized spacial score (nSPS) is 13.3. The first-order valence-corrected chi connectivity index (χ1v) is 13.7. The predicted molar refractivity (Wildman–Crippen MR) is 151 cm³/mol. The summed E-state index contributed by atoms with van der Waals surface area (Å²) in [5.74, 6) is -1.12. The van der Waals surface area contributed by atoms with Crippen LogP contribution in [0, 0.1) is 31.9 Å². The van der Waals surface area contributed by atoms with Crippen molar-refractivity contribution in [2.24, 2.45) is 0 Å². The molecule has 0 bridgehead atoms. The maximum Gasteiger partial charge on any atom is 0.269 e. The van der Waals surface area contributed by atoms with Crippen LogP contribution in [0.15, 0.2) is 109 Å². The van der Waals surface area contributed by atoms with Crippen LogP contribution in [0.1, 0.15) is 32.8 Å². The lowest BCUT2D eigenvalue weighted by molar-refractivity contribution is -0.385. The molecule has 0 amide bonds. The number of nitro groups is 2. The highest BCUT2D eigenvalue weighted by molar-refractivity contribution is 7.92. The molecule has 0 aliphatic rings. The van der Waals surface area contributed by atoms with Crippen molar-refractivity contribution in [2.45, 2.75) is 10.5 Å². The average Bonchev–Trinajstić information content (AvgIpc) is 2.95. The van der Waals surface area contributed by atoms with E-state index in [1.165, 1.54) is 97.1 Å². The summed E-state index contributed by atoms with van der Waals surface area (Å²) in [6.07, 6.45) is 5.80. The molecule has 0 N–H and O–H groups in total. The molecule has 0 aliphatic heterocycles. The zero-order chi connectivity index (χ0) is 29.6. The zero-order valence-electron chi connectivity index (χ0n) is 21.2. The van der Waals surface area contributed by atoms with Gasteiger partial charge in [-0.2, -0.15) is 0 Å². The van der Waals surface area contributed by atoms with Crippen LogP contribution in [0.5, 0.6) is 0 Å². The quantitative estimate of drug-likeness (QED) is 0.143. The van der Waals surface area contributed by atoms with Gasteiger partial charge in [-0.3, -0.25) is 20.2 Å². The Balaban J connectivity index is 1.79. The molecule has 2 unspecified atom stereocenters. The van der Waals surface area contributed by atoms with Crippen molar-refractivity contribution in [1.29, 1.82) is 0 Å². The molecule has 208 valence electrons. The standard InChI is InChI=1S/C30H22F2N2O6S/c31-25-11-7-23(8-12-25)29(19-5-21-1-15-27(16-2-21)33(35)36)41(39,40)30(24-9-13-26(32)14-10-24)20-6-22-3-17-28(18-4-22)34(37)38/h1-20,29-30H/b19-5+,20-6+. The van der Waals surface area contributed by atoms with Crippen LogP contribution in [-0.4, -0.2) is 18.3 Å². The number of rotatable bonds is 10. The monoisotopic (exact) mass is 576 g/mol. The van der Waals surface area contributed by atoms with Gasteiger partial charge in [-0.25, -0.2) is 17.2 Å². The first kappa shape index (κ1) is 29.0. The van der Waals surface area contributed by atoms with E-state index in [2.05, 4.69) is 0 Å². The summed E-state index contributed by atoms with van der Waals surface area (Å²) < 4.78 is 56.0. The Labute approximate surface area is 234 Å². The van der Waals surface area contributed by atoms with Gasteiger partial charge in [-0.15, -0.1) is 0 Å². The van der Waals surface area contributed by atoms with Gasteiger partial charge in [-0.05, 0) is 70.8 Å². The number of nitro benzene ring substituents is 2. The summed E-state index contributed by atoms with van der Waals surface area (Å²) >= 11 is 0. The number of hydrogen-bond acceptors (Lipinski definition) is 6. The van der Waals surface area contributed by atoms with E-state index in [1.807, 2.05) is 0 Å². The number of benzene rings is 4. The van der Waals surface area contributed by atoms with Crippen molar-refractivity contribution >= 4 is 33.4 Å². The van der Waals surface area contributed by atoms with Gasteiger partial charge in [0.15, 0.2) is 9.84 Å². The van der Waals surface area contributed by atoms with Crippen molar-refractivity contribution in [1.82, 2.24) is 0 Å². The molecule has 0 saturated heterocycles. The van der Waals surface area contributed by atoms with E-state index in [4.69, 9.17) is 0 Å². The molecule has 4 aromatic rings. The van der Waals surface area contributed by atoms with Crippen LogP contribution in [-0.2, 0) is 9.84 Å². The summed E-state index contributed by atoms with van der Waals surface area (Å²) in [5, 5.41) is 19.4. The van der Waals surface area contributed by atoms with Gasteiger partial charge in [0, 0.05) is 24.3 Å². The largest absolute Gasteiger partial charge is 0.269 e. The first-order chi connectivity index (χ1) is 19.5. The van der Waals surface area contributed by atoms with Crippen molar-refractivity contribution < 1.29 is 27.0 Å². The molecule has 4 rings (SSSR count). The van der Waals surface area contributed by atoms with E-state index in [-0.39, 0.29) is 22.5 Å². The van der Waals surface area contributed by atoms with Crippen LogP contribution in [0.4, 0.5) is 20.2 Å². The van der Waals surface area contributed by atoms with Gasteiger partial charge in [0.2, 0.25) is 0 Å². The van der Waals surface area contributed by atoms with E-state index in [0.29, 0.717) is 11.1 Å².